The van der Waals surface area contributed by atoms with Crippen LogP contribution in [0.4, 0.5) is 14.9 Å². The van der Waals surface area contributed by atoms with Crippen LogP contribution in [0, 0.1) is 12.7 Å². The van der Waals surface area contributed by atoms with Gasteiger partial charge in [-0.25, -0.2) is 14.2 Å². The molecule has 1 aliphatic rings. The SMILES string of the molecule is Cc1c2c(c(C(=O)Nc3ccc(F)c(Cl)c3)n1C)CC[C@H]2NC(=O)OCc1ncn(C)n1. The van der Waals surface area contributed by atoms with E-state index < -0.39 is 11.9 Å². The zero-order chi connectivity index (χ0) is 23.0. The number of aryl methyl sites for hydroxylation is 1. The van der Waals surface area contributed by atoms with Crippen molar-refractivity contribution in [3.63, 3.8) is 0 Å². The molecule has 2 heterocycles. The molecule has 32 heavy (non-hydrogen) atoms. The molecule has 1 aromatic carbocycles. The van der Waals surface area contributed by atoms with E-state index in [0.717, 1.165) is 16.8 Å². The lowest BCUT2D eigenvalue weighted by molar-refractivity contribution is 0.101. The predicted octanol–water partition coefficient (Wildman–Crippen LogP) is 3.42. The van der Waals surface area contributed by atoms with E-state index in [1.807, 2.05) is 6.92 Å². The Hall–Kier alpha value is -3.40. The molecule has 4 rings (SSSR count). The molecule has 2 N–H and O–H groups in total. The van der Waals surface area contributed by atoms with Crippen molar-refractivity contribution < 1.29 is 18.7 Å². The lowest BCUT2D eigenvalue weighted by Crippen LogP contribution is -2.28. The van der Waals surface area contributed by atoms with Crippen LogP contribution < -0.4 is 10.6 Å². The van der Waals surface area contributed by atoms with Gasteiger partial charge in [-0.15, -0.1) is 0 Å². The highest BCUT2D eigenvalue weighted by atomic mass is 35.5. The van der Waals surface area contributed by atoms with Crippen molar-refractivity contribution in [1.82, 2.24) is 24.6 Å². The number of carbonyl (C=O) groups is 2. The number of amides is 2. The lowest BCUT2D eigenvalue weighted by atomic mass is 10.1. The summed E-state index contributed by atoms with van der Waals surface area (Å²) in [5.74, 6) is -0.477. The second kappa shape index (κ2) is 8.62. The van der Waals surface area contributed by atoms with Crippen LogP contribution in [-0.2, 0) is 31.9 Å². The zero-order valence-electron chi connectivity index (χ0n) is 17.8. The molecular weight excluding hydrogens is 439 g/mol. The van der Waals surface area contributed by atoms with E-state index in [1.165, 1.54) is 29.2 Å². The highest BCUT2D eigenvalue weighted by molar-refractivity contribution is 6.31. The Labute approximate surface area is 188 Å². The fraction of sp³-hybridized carbons (Fsp3) is 0.333. The molecule has 168 valence electrons. The van der Waals surface area contributed by atoms with Gasteiger partial charge in [0.15, 0.2) is 12.4 Å². The van der Waals surface area contributed by atoms with Crippen molar-refractivity contribution in [2.24, 2.45) is 14.1 Å². The van der Waals surface area contributed by atoms with Crippen LogP contribution >= 0.6 is 11.6 Å². The second-order valence-corrected chi connectivity index (χ2v) is 8.02. The van der Waals surface area contributed by atoms with Crippen LogP contribution in [0.3, 0.4) is 0 Å². The number of alkyl carbamates (subject to hydrolysis) is 1. The summed E-state index contributed by atoms with van der Waals surface area (Å²) in [5.41, 5.74) is 3.54. The molecule has 3 aromatic rings. The van der Waals surface area contributed by atoms with E-state index in [4.69, 9.17) is 16.3 Å². The van der Waals surface area contributed by atoms with E-state index in [0.29, 0.717) is 30.0 Å². The van der Waals surface area contributed by atoms with Gasteiger partial charge in [0.2, 0.25) is 0 Å². The molecule has 0 saturated carbocycles. The Balaban J connectivity index is 1.48. The van der Waals surface area contributed by atoms with Crippen molar-refractivity contribution >= 4 is 29.3 Å². The number of hydrogen-bond donors (Lipinski definition) is 2. The summed E-state index contributed by atoms with van der Waals surface area (Å²) in [6.45, 7) is 1.86. The third-order valence-electron chi connectivity index (χ3n) is 5.53. The van der Waals surface area contributed by atoms with E-state index >= 15 is 0 Å². The first-order chi connectivity index (χ1) is 15.2. The normalized spacial score (nSPS) is 14.8. The summed E-state index contributed by atoms with van der Waals surface area (Å²) in [7, 11) is 3.52. The van der Waals surface area contributed by atoms with Crippen molar-refractivity contribution in [2.75, 3.05) is 5.32 Å². The average molecular weight is 461 g/mol. The molecule has 0 aliphatic heterocycles. The number of carbonyl (C=O) groups excluding carboxylic acids is 2. The van der Waals surface area contributed by atoms with Gasteiger partial charge in [-0.05, 0) is 49.1 Å². The average Bonchev–Trinajstić information content (AvgIpc) is 3.41. The van der Waals surface area contributed by atoms with Gasteiger partial charge in [-0.1, -0.05) is 11.6 Å². The minimum atomic E-state index is -0.578. The fourth-order valence-corrected chi connectivity index (χ4v) is 4.19. The van der Waals surface area contributed by atoms with Crippen LogP contribution in [0.1, 0.15) is 45.6 Å². The smallest absolute Gasteiger partial charge is 0.408 e. The molecule has 0 bridgehead atoms. The Kier molecular flexibility index (Phi) is 5.88. The second-order valence-electron chi connectivity index (χ2n) is 7.61. The van der Waals surface area contributed by atoms with Crippen molar-refractivity contribution in [2.45, 2.75) is 32.4 Å². The van der Waals surface area contributed by atoms with Gasteiger partial charge < -0.3 is 19.9 Å². The quantitative estimate of drug-likeness (QED) is 0.607. The standard InChI is InChI=1S/C21H22ClFN6O3/c1-11-18-13(5-7-16(18)26-21(31)32-9-17-24-10-28(2)27-17)19(29(11)3)20(30)25-12-4-6-15(23)14(22)8-12/h4,6,8,10,16H,5,7,9H2,1-3H3,(H,25,30)(H,26,31)/t16-/m1/s1. The third kappa shape index (κ3) is 4.18. The van der Waals surface area contributed by atoms with Crippen LogP contribution in [0.25, 0.3) is 0 Å². The number of nitrogens with zero attached hydrogens (tertiary/aromatic N) is 4. The number of benzene rings is 1. The van der Waals surface area contributed by atoms with Gasteiger partial charge in [0.25, 0.3) is 5.91 Å². The number of anilines is 1. The van der Waals surface area contributed by atoms with Crippen LogP contribution in [0.2, 0.25) is 5.02 Å². The van der Waals surface area contributed by atoms with E-state index in [1.54, 1.807) is 18.7 Å². The zero-order valence-corrected chi connectivity index (χ0v) is 18.5. The number of rotatable bonds is 5. The van der Waals surface area contributed by atoms with Crippen LogP contribution in [0.5, 0.6) is 0 Å². The van der Waals surface area contributed by atoms with Gasteiger partial charge in [-0.3, -0.25) is 9.48 Å². The van der Waals surface area contributed by atoms with E-state index in [-0.39, 0.29) is 23.6 Å². The molecule has 0 saturated heterocycles. The summed E-state index contributed by atoms with van der Waals surface area (Å²) in [6.07, 6.45) is 2.22. The molecule has 9 nitrogen and oxygen atoms in total. The molecule has 1 atom stereocenters. The first kappa shape index (κ1) is 21.8. The monoisotopic (exact) mass is 460 g/mol. The first-order valence-electron chi connectivity index (χ1n) is 9.97. The lowest BCUT2D eigenvalue weighted by Gasteiger charge is -2.15. The van der Waals surface area contributed by atoms with Crippen molar-refractivity contribution in [3.8, 4) is 0 Å². The maximum absolute atomic E-state index is 13.4. The Morgan fingerprint density at radius 2 is 2.12 bits per heavy atom. The maximum Gasteiger partial charge on any atom is 0.408 e. The molecule has 0 spiro atoms. The number of nitrogens with one attached hydrogen (secondary N) is 2. The van der Waals surface area contributed by atoms with Crippen molar-refractivity contribution in [3.05, 3.63) is 63.7 Å². The summed E-state index contributed by atoms with van der Waals surface area (Å²) in [5, 5.41) is 9.63. The van der Waals surface area contributed by atoms with Gasteiger partial charge in [0.1, 0.15) is 17.8 Å². The Morgan fingerprint density at radius 3 is 2.81 bits per heavy atom. The minimum Gasteiger partial charge on any atom is -0.441 e. The van der Waals surface area contributed by atoms with Gasteiger partial charge in [0.05, 0.1) is 11.1 Å². The first-order valence-corrected chi connectivity index (χ1v) is 10.3. The largest absolute Gasteiger partial charge is 0.441 e. The number of fused-ring (bicyclic) bond motifs is 1. The number of ether oxygens (including phenoxy) is 1. The molecule has 11 heteroatoms. The minimum absolute atomic E-state index is 0.0338. The Morgan fingerprint density at radius 1 is 1.34 bits per heavy atom. The third-order valence-corrected chi connectivity index (χ3v) is 5.82. The van der Waals surface area contributed by atoms with E-state index in [2.05, 4.69) is 20.7 Å². The molecule has 0 fully saturated rings. The van der Waals surface area contributed by atoms with Gasteiger partial charge >= 0.3 is 6.09 Å². The maximum atomic E-state index is 13.4. The highest BCUT2D eigenvalue weighted by Crippen LogP contribution is 2.38. The number of hydrogen-bond acceptors (Lipinski definition) is 5. The summed E-state index contributed by atoms with van der Waals surface area (Å²) >= 11 is 5.81. The van der Waals surface area contributed by atoms with Crippen LogP contribution in [-0.4, -0.2) is 31.3 Å². The molecule has 0 radical (unpaired) electrons. The molecule has 2 amide bonds. The van der Waals surface area contributed by atoms with E-state index in [9.17, 15) is 14.0 Å². The molecule has 0 unspecified atom stereocenters. The number of halogens is 2. The predicted molar refractivity (Wildman–Crippen MR) is 115 cm³/mol. The van der Waals surface area contributed by atoms with Gasteiger partial charge in [-0.2, -0.15) is 5.10 Å². The fourth-order valence-electron chi connectivity index (χ4n) is 4.01. The van der Waals surface area contributed by atoms with Gasteiger partial charge in [0, 0.05) is 25.5 Å². The summed E-state index contributed by atoms with van der Waals surface area (Å²) < 4.78 is 22.0. The number of aromatic nitrogens is 4. The molecule has 1 aliphatic carbocycles. The summed E-state index contributed by atoms with van der Waals surface area (Å²) in [6, 6.07) is 3.74. The molecule has 2 aromatic heterocycles. The van der Waals surface area contributed by atoms with Crippen LogP contribution in [0.15, 0.2) is 24.5 Å². The molecular formula is C21H22ClFN6O3. The highest BCUT2D eigenvalue weighted by Gasteiger charge is 2.34. The summed E-state index contributed by atoms with van der Waals surface area (Å²) in [4.78, 5) is 29.3. The van der Waals surface area contributed by atoms with Crippen molar-refractivity contribution in [1.29, 1.82) is 0 Å². The Bertz CT molecular complexity index is 1200. The topological polar surface area (TPSA) is 103 Å².